The zero-order chi connectivity index (χ0) is 23.4. The number of carbonyl (C=O) groups is 3. The zero-order valence-electron chi connectivity index (χ0n) is 17.7. The molecule has 2 amide bonds. The van der Waals surface area contributed by atoms with Gasteiger partial charge in [0.05, 0.1) is 17.0 Å². The van der Waals surface area contributed by atoms with Gasteiger partial charge < -0.3 is 21.1 Å². The molecule has 4 N–H and O–H groups in total. The lowest BCUT2D eigenvalue weighted by Crippen LogP contribution is -2.15. The van der Waals surface area contributed by atoms with Gasteiger partial charge in [-0.25, -0.2) is 4.79 Å². The van der Waals surface area contributed by atoms with Crippen molar-refractivity contribution in [2.45, 2.75) is 20.8 Å². The minimum atomic E-state index is -0.619. The molecule has 0 aliphatic carbocycles. The van der Waals surface area contributed by atoms with Crippen LogP contribution in [0, 0.1) is 13.8 Å². The molecule has 0 unspecified atom stereocenters. The predicted molar refractivity (Wildman–Crippen MR) is 128 cm³/mol. The highest BCUT2D eigenvalue weighted by Gasteiger charge is 2.27. The Kier molecular flexibility index (Phi) is 7.17. The number of hydrogen-bond donors (Lipinski definition) is 3. The number of carbonyl (C=O) groups excluding carboxylic acids is 3. The van der Waals surface area contributed by atoms with Gasteiger partial charge in [-0.3, -0.25) is 9.59 Å². The molecule has 0 spiro atoms. The topological polar surface area (TPSA) is 111 Å². The Labute approximate surface area is 194 Å². The van der Waals surface area contributed by atoms with Gasteiger partial charge in [0.2, 0.25) is 0 Å². The highest BCUT2D eigenvalue weighted by atomic mass is 35.5. The molecular weight excluding hydrogens is 450 g/mol. The second-order valence-corrected chi connectivity index (χ2v) is 8.40. The lowest BCUT2D eigenvalue weighted by atomic mass is 10.1. The van der Waals surface area contributed by atoms with Crippen molar-refractivity contribution in [1.82, 2.24) is 0 Å². The molecule has 7 nitrogen and oxygen atoms in total. The van der Waals surface area contributed by atoms with Crippen molar-refractivity contribution in [1.29, 1.82) is 0 Å². The maximum Gasteiger partial charge on any atom is 0.341 e. The van der Waals surface area contributed by atoms with E-state index in [1.165, 1.54) is 0 Å². The second-order valence-electron chi connectivity index (χ2n) is 6.98. The summed E-state index contributed by atoms with van der Waals surface area (Å²) in [6.45, 7) is 5.33. The first-order valence-corrected chi connectivity index (χ1v) is 11.0. The Hall–Kier alpha value is -3.36. The van der Waals surface area contributed by atoms with Gasteiger partial charge in [-0.15, -0.1) is 11.3 Å². The van der Waals surface area contributed by atoms with E-state index in [2.05, 4.69) is 10.6 Å². The quantitative estimate of drug-likeness (QED) is 0.334. The monoisotopic (exact) mass is 471 g/mol. The zero-order valence-corrected chi connectivity index (χ0v) is 19.3. The van der Waals surface area contributed by atoms with Gasteiger partial charge >= 0.3 is 5.97 Å². The molecule has 0 saturated carbocycles. The smallest absolute Gasteiger partial charge is 0.341 e. The molecule has 3 aromatic rings. The molecule has 0 bridgehead atoms. The number of hydrogen-bond acceptors (Lipinski definition) is 6. The van der Waals surface area contributed by atoms with Crippen LogP contribution in [0.15, 0.2) is 42.5 Å². The number of nitrogen functional groups attached to an aromatic ring is 1. The fraction of sp³-hybridized carbons (Fsp3) is 0.174. The van der Waals surface area contributed by atoms with Crippen molar-refractivity contribution in [3.63, 3.8) is 0 Å². The SMILES string of the molecule is CCOC(=O)c1c(NC(=O)c2ccc(N)cc2)sc(C(=O)Nc2ccc(C)c(Cl)c2)c1C. The van der Waals surface area contributed by atoms with Gasteiger partial charge in [-0.1, -0.05) is 17.7 Å². The fourth-order valence-corrected chi connectivity index (χ4v) is 4.20. The predicted octanol–water partition coefficient (Wildman–Crippen LogP) is 5.28. The highest BCUT2D eigenvalue weighted by molar-refractivity contribution is 7.19. The number of nitrogens with two attached hydrogens (primary N) is 1. The molecule has 3 rings (SSSR count). The molecule has 9 heteroatoms. The third-order valence-corrected chi connectivity index (χ3v) is 6.28. The average Bonchev–Trinajstić information content (AvgIpc) is 3.07. The first kappa shape index (κ1) is 23.3. The first-order valence-electron chi connectivity index (χ1n) is 9.76. The second kappa shape index (κ2) is 9.84. The minimum absolute atomic E-state index is 0.146. The van der Waals surface area contributed by atoms with E-state index in [9.17, 15) is 14.4 Å². The van der Waals surface area contributed by atoms with Crippen molar-refractivity contribution in [3.05, 3.63) is 74.6 Å². The van der Waals surface area contributed by atoms with Crippen LogP contribution in [-0.4, -0.2) is 24.4 Å². The van der Waals surface area contributed by atoms with Gasteiger partial charge in [-0.2, -0.15) is 0 Å². The van der Waals surface area contributed by atoms with Crippen molar-refractivity contribution >= 4 is 57.1 Å². The summed E-state index contributed by atoms with van der Waals surface area (Å²) < 4.78 is 5.14. The van der Waals surface area contributed by atoms with E-state index in [-0.39, 0.29) is 22.0 Å². The third-order valence-electron chi connectivity index (χ3n) is 4.66. The van der Waals surface area contributed by atoms with Crippen LogP contribution in [0.2, 0.25) is 5.02 Å². The number of nitrogens with one attached hydrogen (secondary N) is 2. The number of esters is 1. The molecule has 0 saturated heterocycles. The standard InChI is InChI=1S/C23H22ClN3O4S/c1-4-31-23(30)18-13(3)19(21(29)26-16-10-5-12(2)17(24)11-16)32-22(18)27-20(28)14-6-8-15(25)9-7-14/h5-11H,4,25H2,1-3H3,(H,26,29)(H,27,28). The molecule has 32 heavy (non-hydrogen) atoms. The van der Waals surface area contributed by atoms with Crippen LogP contribution in [-0.2, 0) is 4.74 Å². The Balaban J connectivity index is 1.93. The number of amides is 2. The van der Waals surface area contributed by atoms with E-state index < -0.39 is 17.8 Å². The molecule has 1 aromatic heterocycles. The molecule has 0 atom stereocenters. The summed E-state index contributed by atoms with van der Waals surface area (Å²) in [7, 11) is 0. The normalized spacial score (nSPS) is 10.5. The number of anilines is 3. The maximum atomic E-state index is 12.9. The largest absolute Gasteiger partial charge is 0.462 e. The van der Waals surface area contributed by atoms with Gasteiger partial charge in [0.25, 0.3) is 11.8 Å². The Morgan fingerprint density at radius 1 is 1.03 bits per heavy atom. The minimum Gasteiger partial charge on any atom is -0.462 e. The average molecular weight is 472 g/mol. The van der Waals surface area contributed by atoms with Crippen LogP contribution in [0.3, 0.4) is 0 Å². The van der Waals surface area contributed by atoms with Crippen molar-refractivity contribution in [3.8, 4) is 0 Å². The molecule has 2 aromatic carbocycles. The Morgan fingerprint density at radius 2 is 1.72 bits per heavy atom. The lowest BCUT2D eigenvalue weighted by Gasteiger charge is -2.07. The van der Waals surface area contributed by atoms with Crippen LogP contribution in [0.5, 0.6) is 0 Å². The lowest BCUT2D eigenvalue weighted by molar-refractivity contribution is 0.0527. The van der Waals surface area contributed by atoms with Crippen LogP contribution in [0.1, 0.15) is 48.4 Å². The third kappa shape index (κ3) is 5.09. The van der Waals surface area contributed by atoms with Crippen molar-refractivity contribution in [2.24, 2.45) is 0 Å². The molecule has 1 heterocycles. The van der Waals surface area contributed by atoms with Gasteiger partial charge in [-0.05, 0) is 68.3 Å². The summed E-state index contributed by atoms with van der Waals surface area (Å²) in [4.78, 5) is 38.5. The van der Waals surface area contributed by atoms with Gasteiger partial charge in [0, 0.05) is 22.0 Å². The summed E-state index contributed by atoms with van der Waals surface area (Å²) in [5.74, 6) is -1.48. The van der Waals surface area contributed by atoms with E-state index in [1.54, 1.807) is 56.3 Å². The summed E-state index contributed by atoms with van der Waals surface area (Å²) in [6.07, 6.45) is 0. The van der Waals surface area contributed by atoms with Crippen molar-refractivity contribution in [2.75, 3.05) is 23.0 Å². The molecule has 0 aliphatic rings. The van der Waals surface area contributed by atoms with Gasteiger partial charge in [0.15, 0.2) is 0 Å². The molecule has 0 fully saturated rings. The first-order chi connectivity index (χ1) is 15.2. The Morgan fingerprint density at radius 3 is 2.34 bits per heavy atom. The molecule has 166 valence electrons. The van der Waals surface area contributed by atoms with Crippen molar-refractivity contribution < 1.29 is 19.1 Å². The number of aryl methyl sites for hydroxylation is 1. The maximum absolute atomic E-state index is 12.9. The fourth-order valence-electron chi connectivity index (χ4n) is 2.94. The van der Waals surface area contributed by atoms with E-state index in [4.69, 9.17) is 22.1 Å². The summed E-state index contributed by atoms with van der Waals surface area (Å²) in [5.41, 5.74) is 8.52. The number of rotatable bonds is 6. The number of halogens is 1. The van der Waals surface area contributed by atoms with Crippen LogP contribution >= 0.6 is 22.9 Å². The van der Waals surface area contributed by atoms with Gasteiger partial charge in [0.1, 0.15) is 5.00 Å². The number of benzene rings is 2. The van der Waals surface area contributed by atoms with E-state index in [0.29, 0.717) is 27.5 Å². The molecular formula is C23H22ClN3O4S. The van der Waals surface area contributed by atoms with E-state index >= 15 is 0 Å². The summed E-state index contributed by atoms with van der Waals surface area (Å²) in [6, 6.07) is 11.5. The summed E-state index contributed by atoms with van der Waals surface area (Å²) >= 11 is 7.14. The number of ether oxygens (including phenoxy) is 1. The van der Waals surface area contributed by atoms with Crippen LogP contribution < -0.4 is 16.4 Å². The Bertz CT molecular complexity index is 1190. The van der Waals surface area contributed by atoms with Crippen LogP contribution in [0.4, 0.5) is 16.4 Å². The van der Waals surface area contributed by atoms with E-state index in [1.807, 2.05) is 6.92 Å². The summed E-state index contributed by atoms with van der Waals surface area (Å²) in [5, 5.41) is 6.25. The number of thiophene rings is 1. The van der Waals surface area contributed by atoms with Crippen LogP contribution in [0.25, 0.3) is 0 Å². The molecule has 0 aliphatic heterocycles. The van der Waals surface area contributed by atoms with E-state index in [0.717, 1.165) is 16.9 Å². The molecule has 0 radical (unpaired) electrons. The highest BCUT2D eigenvalue weighted by Crippen LogP contribution is 2.35.